The van der Waals surface area contributed by atoms with Gasteiger partial charge in [-0.3, -0.25) is 0 Å². The third-order valence-corrected chi connectivity index (χ3v) is 5.20. The largest absolute Gasteiger partial charge is 0.320 e. The van der Waals surface area contributed by atoms with E-state index >= 15 is 0 Å². The first kappa shape index (κ1) is 14.2. The number of hydrogen-bond donors (Lipinski definition) is 1. The molecular weight excluding hydrogens is 282 g/mol. The van der Waals surface area contributed by atoms with Crippen molar-refractivity contribution in [2.75, 3.05) is 13.6 Å². The van der Waals surface area contributed by atoms with Crippen LogP contribution in [-0.4, -0.2) is 13.6 Å². The lowest BCUT2D eigenvalue weighted by atomic mass is 9.84. The molecule has 0 saturated carbocycles. The smallest absolute Gasteiger partial charge is 0.0730 e. The molecule has 0 unspecified atom stereocenters. The molecule has 0 aliphatic rings. The van der Waals surface area contributed by atoms with Crippen molar-refractivity contribution in [3.8, 4) is 0 Å². The molecule has 0 spiro atoms. The van der Waals surface area contributed by atoms with Gasteiger partial charge in [0.05, 0.1) is 3.79 Å². The van der Waals surface area contributed by atoms with Gasteiger partial charge in [0, 0.05) is 4.88 Å². The summed E-state index contributed by atoms with van der Waals surface area (Å²) in [7, 11) is 2.02. The Kier molecular flexibility index (Phi) is 5.48. The van der Waals surface area contributed by atoms with Gasteiger partial charge in [0.2, 0.25) is 0 Å². The van der Waals surface area contributed by atoms with Crippen LogP contribution in [-0.2, 0) is 6.42 Å². The van der Waals surface area contributed by atoms with Gasteiger partial charge in [-0.25, -0.2) is 0 Å². The molecule has 1 aromatic heterocycles. The van der Waals surface area contributed by atoms with Crippen LogP contribution in [0.2, 0.25) is 0 Å². The zero-order valence-corrected chi connectivity index (χ0v) is 13.1. The molecule has 0 fully saturated rings. The fourth-order valence-corrected chi connectivity index (χ4v) is 3.32. The molecule has 0 atom stereocenters. The molecule has 1 N–H and O–H groups in total. The predicted octanol–water partition coefficient (Wildman–Crippen LogP) is 4.39. The molecule has 3 heteroatoms. The van der Waals surface area contributed by atoms with Crippen LogP contribution in [0.5, 0.6) is 0 Å². The van der Waals surface area contributed by atoms with Gasteiger partial charge in [0.1, 0.15) is 0 Å². The Morgan fingerprint density at radius 1 is 1.38 bits per heavy atom. The summed E-state index contributed by atoms with van der Waals surface area (Å²) in [5, 5.41) is 3.23. The van der Waals surface area contributed by atoms with E-state index in [1.54, 1.807) is 0 Å². The minimum atomic E-state index is 0.438. The standard InChI is InChI=1S/C13H22BrNS/c1-10-9-11(16-12(10)14)5-6-13(2,3)7-8-15-4/h9,15H,5-8H2,1-4H3. The van der Waals surface area contributed by atoms with Crippen LogP contribution in [0.3, 0.4) is 0 Å². The van der Waals surface area contributed by atoms with Gasteiger partial charge in [-0.2, -0.15) is 0 Å². The topological polar surface area (TPSA) is 12.0 Å². The predicted molar refractivity (Wildman–Crippen MR) is 77.4 cm³/mol. The molecule has 92 valence electrons. The first-order valence-electron chi connectivity index (χ1n) is 5.84. The van der Waals surface area contributed by atoms with Gasteiger partial charge < -0.3 is 5.32 Å². The van der Waals surface area contributed by atoms with Gasteiger partial charge >= 0.3 is 0 Å². The normalized spacial score (nSPS) is 12.1. The Hall–Kier alpha value is 0.140. The Morgan fingerprint density at radius 2 is 2.06 bits per heavy atom. The van der Waals surface area contributed by atoms with Crippen molar-refractivity contribution in [3.05, 3.63) is 20.3 Å². The monoisotopic (exact) mass is 303 g/mol. The molecule has 0 aromatic carbocycles. The maximum atomic E-state index is 3.59. The van der Waals surface area contributed by atoms with Crippen molar-refractivity contribution in [1.29, 1.82) is 0 Å². The fourth-order valence-electron chi connectivity index (χ4n) is 1.70. The Labute approximate surface area is 112 Å². The third kappa shape index (κ3) is 4.56. The molecule has 0 saturated heterocycles. The molecule has 0 radical (unpaired) electrons. The SMILES string of the molecule is CNCCC(C)(C)CCc1cc(C)c(Br)s1. The highest BCUT2D eigenvalue weighted by molar-refractivity contribution is 9.11. The van der Waals surface area contributed by atoms with Crippen molar-refractivity contribution >= 4 is 27.3 Å². The summed E-state index contributed by atoms with van der Waals surface area (Å²) in [6.07, 6.45) is 3.71. The van der Waals surface area contributed by atoms with E-state index < -0.39 is 0 Å². The van der Waals surface area contributed by atoms with E-state index in [4.69, 9.17) is 0 Å². The van der Waals surface area contributed by atoms with E-state index in [9.17, 15) is 0 Å². The van der Waals surface area contributed by atoms with E-state index in [0.717, 1.165) is 6.54 Å². The maximum Gasteiger partial charge on any atom is 0.0730 e. The number of halogens is 1. The van der Waals surface area contributed by atoms with Crippen LogP contribution in [0, 0.1) is 12.3 Å². The van der Waals surface area contributed by atoms with Gasteiger partial charge in [-0.15, -0.1) is 11.3 Å². The van der Waals surface area contributed by atoms with E-state index in [-0.39, 0.29) is 0 Å². The highest BCUT2D eigenvalue weighted by Crippen LogP contribution is 2.32. The lowest BCUT2D eigenvalue weighted by Crippen LogP contribution is -2.20. The molecule has 0 amide bonds. The summed E-state index contributed by atoms with van der Waals surface area (Å²) in [5.74, 6) is 0. The highest BCUT2D eigenvalue weighted by atomic mass is 79.9. The van der Waals surface area contributed by atoms with Crippen molar-refractivity contribution in [3.63, 3.8) is 0 Å². The van der Waals surface area contributed by atoms with E-state index in [2.05, 4.69) is 48.1 Å². The molecular formula is C13H22BrNS. The molecule has 16 heavy (non-hydrogen) atoms. The number of aryl methyl sites for hydroxylation is 2. The number of hydrogen-bond acceptors (Lipinski definition) is 2. The zero-order valence-electron chi connectivity index (χ0n) is 10.7. The van der Waals surface area contributed by atoms with Gasteiger partial charge in [-0.05, 0) is 72.8 Å². The Morgan fingerprint density at radius 3 is 2.56 bits per heavy atom. The first-order valence-corrected chi connectivity index (χ1v) is 7.45. The quantitative estimate of drug-likeness (QED) is 0.822. The first-order chi connectivity index (χ1) is 7.44. The van der Waals surface area contributed by atoms with Crippen molar-refractivity contribution in [1.82, 2.24) is 5.32 Å². The van der Waals surface area contributed by atoms with Crippen LogP contribution in [0.1, 0.15) is 37.1 Å². The molecule has 1 aromatic rings. The Bertz CT molecular complexity index is 311. The summed E-state index contributed by atoms with van der Waals surface area (Å²) in [5.41, 5.74) is 1.81. The van der Waals surface area contributed by atoms with Gasteiger partial charge in [0.15, 0.2) is 0 Å². The highest BCUT2D eigenvalue weighted by Gasteiger charge is 2.17. The van der Waals surface area contributed by atoms with Crippen molar-refractivity contribution < 1.29 is 0 Å². The lowest BCUT2D eigenvalue weighted by Gasteiger charge is -2.24. The van der Waals surface area contributed by atoms with E-state index in [0.29, 0.717) is 5.41 Å². The van der Waals surface area contributed by atoms with E-state index in [1.165, 1.54) is 33.5 Å². The molecule has 1 heterocycles. The van der Waals surface area contributed by atoms with Crippen LogP contribution < -0.4 is 5.32 Å². The summed E-state index contributed by atoms with van der Waals surface area (Å²) in [4.78, 5) is 1.50. The summed E-state index contributed by atoms with van der Waals surface area (Å²) in [6, 6.07) is 2.31. The average molecular weight is 304 g/mol. The molecule has 1 rings (SSSR count). The second kappa shape index (κ2) is 6.18. The van der Waals surface area contributed by atoms with E-state index in [1.807, 2.05) is 18.4 Å². The fraction of sp³-hybridized carbons (Fsp3) is 0.692. The number of rotatable bonds is 6. The van der Waals surface area contributed by atoms with Crippen LogP contribution in [0.25, 0.3) is 0 Å². The summed E-state index contributed by atoms with van der Waals surface area (Å²) in [6.45, 7) is 8.00. The van der Waals surface area contributed by atoms with Crippen LogP contribution in [0.15, 0.2) is 9.85 Å². The summed E-state index contributed by atoms with van der Waals surface area (Å²) >= 11 is 5.47. The van der Waals surface area contributed by atoms with Crippen LogP contribution in [0.4, 0.5) is 0 Å². The minimum Gasteiger partial charge on any atom is -0.320 e. The number of nitrogens with one attached hydrogen (secondary N) is 1. The van der Waals surface area contributed by atoms with Crippen molar-refractivity contribution in [2.24, 2.45) is 5.41 Å². The molecule has 1 nitrogen and oxygen atoms in total. The third-order valence-electron chi connectivity index (χ3n) is 3.01. The second-order valence-electron chi connectivity index (χ2n) is 5.19. The second-order valence-corrected chi connectivity index (χ2v) is 7.64. The zero-order chi connectivity index (χ0) is 12.2. The lowest BCUT2D eigenvalue weighted by molar-refractivity contribution is 0.306. The Balaban J connectivity index is 2.44. The average Bonchev–Trinajstić information content (AvgIpc) is 2.53. The van der Waals surface area contributed by atoms with Crippen molar-refractivity contribution in [2.45, 2.75) is 40.0 Å². The summed E-state index contributed by atoms with van der Waals surface area (Å²) < 4.78 is 1.29. The molecule has 0 aliphatic carbocycles. The number of thiophene rings is 1. The maximum absolute atomic E-state index is 3.59. The minimum absolute atomic E-state index is 0.438. The molecule has 0 bridgehead atoms. The van der Waals surface area contributed by atoms with Gasteiger partial charge in [0.25, 0.3) is 0 Å². The van der Waals surface area contributed by atoms with Gasteiger partial charge in [-0.1, -0.05) is 13.8 Å². The van der Waals surface area contributed by atoms with Crippen LogP contribution >= 0.6 is 27.3 Å². The molecule has 0 aliphatic heterocycles.